The van der Waals surface area contributed by atoms with Gasteiger partial charge in [-0.1, -0.05) is 18.2 Å². The Bertz CT molecular complexity index is 782. The van der Waals surface area contributed by atoms with E-state index >= 15 is 0 Å². The molecule has 0 radical (unpaired) electrons. The van der Waals surface area contributed by atoms with Crippen molar-refractivity contribution in [2.24, 2.45) is 0 Å². The van der Waals surface area contributed by atoms with Crippen LogP contribution in [0.25, 0.3) is 17.1 Å². The third-order valence-corrected chi connectivity index (χ3v) is 3.64. The highest BCUT2D eigenvalue weighted by atomic mass is 32.1. The summed E-state index contributed by atoms with van der Waals surface area (Å²) in [6, 6.07) is 10.0. The fraction of sp³-hybridized carbons (Fsp3) is 0.214. The van der Waals surface area contributed by atoms with Crippen LogP contribution >= 0.6 is 12.2 Å². The molecule has 0 saturated carbocycles. The first kappa shape index (κ1) is 12.8. The first-order chi connectivity index (χ1) is 9.72. The molecular weight excluding hydrogens is 270 g/mol. The third-order valence-electron chi connectivity index (χ3n) is 3.33. The van der Waals surface area contributed by atoms with Crippen LogP contribution < -0.4 is 0 Å². The number of aromatic nitrogens is 5. The van der Waals surface area contributed by atoms with Gasteiger partial charge in [0.1, 0.15) is 0 Å². The molecule has 0 aliphatic heterocycles. The van der Waals surface area contributed by atoms with Gasteiger partial charge in [-0.2, -0.15) is 10.2 Å². The summed E-state index contributed by atoms with van der Waals surface area (Å²) in [5.41, 5.74) is 3.07. The Kier molecular flexibility index (Phi) is 3.23. The van der Waals surface area contributed by atoms with E-state index in [4.69, 9.17) is 12.2 Å². The Balaban J connectivity index is 2.14. The number of nitrogens with zero attached hydrogens (tertiary/aromatic N) is 4. The van der Waals surface area contributed by atoms with Crippen molar-refractivity contribution < 1.29 is 0 Å². The second-order valence-corrected chi connectivity index (χ2v) is 4.87. The van der Waals surface area contributed by atoms with E-state index in [0.29, 0.717) is 4.77 Å². The van der Waals surface area contributed by atoms with Crippen molar-refractivity contribution in [1.82, 2.24) is 24.5 Å². The Labute approximate surface area is 121 Å². The van der Waals surface area contributed by atoms with E-state index in [-0.39, 0.29) is 0 Å². The van der Waals surface area contributed by atoms with E-state index in [1.165, 1.54) is 0 Å². The topological polar surface area (TPSA) is 51.4 Å². The van der Waals surface area contributed by atoms with Gasteiger partial charge >= 0.3 is 0 Å². The van der Waals surface area contributed by atoms with E-state index in [1.807, 2.05) is 59.6 Å². The van der Waals surface area contributed by atoms with Crippen molar-refractivity contribution in [2.75, 3.05) is 0 Å². The Morgan fingerprint density at radius 2 is 2.00 bits per heavy atom. The normalized spacial score (nSPS) is 10.9. The summed E-state index contributed by atoms with van der Waals surface area (Å²) in [6.07, 6.45) is 1.83. The lowest BCUT2D eigenvalue weighted by Gasteiger charge is -2.05. The minimum absolute atomic E-state index is 0.634. The van der Waals surface area contributed by atoms with Gasteiger partial charge in [0.25, 0.3) is 0 Å². The zero-order chi connectivity index (χ0) is 14.1. The highest BCUT2D eigenvalue weighted by Crippen LogP contribution is 2.23. The molecule has 0 saturated heterocycles. The molecular formula is C14H15N5S. The lowest BCUT2D eigenvalue weighted by atomic mass is 10.2. The van der Waals surface area contributed by atoms with Crippen LogP contribution in [0.4, 0.5) is 0 Å². The Morgan fingerprint density at radius 1 is 1.25 bits per heavy atom. The van der Waals surface area contributed by atoms with Crippen LogP contribution in [-0.4, -0.2) is 24.5 Å². The monoisotopic (exact) mass is 285 g/mol. The van der Waals surface area contributed by atoms with Crippen molar-refractivity contribution in [3.63, 3.8) is 0 Å². The van der Waals surface area contributed by atoms with Crippen molar-refractivity contribution in [2.45, 2.75) is 20.4 Å². The molecule has 6 heteroatoms. The summed E-state index contributed by atoms with van der Waals surface area (Å²) in [5.74, 6) is 0.831. The van der Waals surface area contributed by atoms with Crippen LogP contribution in [0, 0.1) is 11.7 Å². The van der Waals surface area contributed by atoms with Gasteiger partial charge in [-0.3, -0.25) is 5.10 Å². The molecule has 0 amide bonds. The molecule has 0 aliphatic carbocycles. The van der Waals surface area contributed by atoms with Gasteiger partial charge in [0.15, 0.2) is 10.6 Å². The van der Waals surface area contributed by atoms with Gasteiger partial charge in [-0.25, -0.2) is 4.68 Å². The first-order valence-corrected chi connectivity index (χ1v) is 6.88. The minimum Gasteiger partial charge on any atom is -0.300 e. The van der Waals surface area contributed by atoms with Gasteiger partial charge in [0.2, 0.25) is 0 Å². The van der Waals surface area contributed by atoms with Gasteiger partial charge in [-0.05, 0) is 38.2 Å². The second kappa shape index (κ2) is 5.05. The van der Waals surface area contributed by atoms with Crippen molar-refractivity contribution in [3.05, 3.63) is 47.0 Å². The van der Waals surface area contributed by atoms with E-state index in [9.17, 15) is 0 Å². The molecule has 1 N–H and O–H groups in total. The minimum atomic E-state index is 0.634. The first-order valence-electron chi connectivity index (χ1n) is 6.48. The largest absolute Gasteiger partial charge is 0.300 e. The summed E-state index contributed by atoms with van der Waals surface area (Å²) in [4.78, 5) is 0. The summed E-state index contributed by atoms with van der Waals surface area (Å²) < 4.78 is 4.51. The predicted molar refractivity (Wildman–Crippen MR) is 80.4 cm³/mol. The van der Waals surface area contributed by atoms with Crippen LogP contribution in [0.5, 0.6) is 0 Å². The summed E-state index contributed by atoms with van der Waals surface area (Å²) in [5, 5.41) is 11.6. The van der Waals surface area contributed by atoms with E-state index in [2.05, 4.69) is 15.3 Å². The Hall–Kier alpha value is -2.21. The standard InChI is InChI=1S/C14H15N5S/c1-3-18-13(16-17-14(18)20)12-9-15-19(10(12)2)11-7-5-4-6-8-11/h4-9H,3H2,1-2H3,(H,17,20). The molecule has 3 aromatic rings. The predicted octanol–water partition coefficient (Wildman–Crippen LogP) is 3.12. The van der Waals surface area contributed by atoms with Gasteiger partial charge in [-0.15, -0.1) is 0 Å². The van der Waals surface area contributed by atoms with Crippen LogP contribution in [0.1, 0.15) is 12.6 Å². The lowest BCUT2D eigenvalue weighted by molar-refractivity contribution is 0.755. The highest BCUT2D eigenvalue weighted by molar-refractivity contribution is 7.71. The molecule has 2 heterocycles. The average molecular weight is 285 g/mol. The fourth-order valence-corrected chi connectivity index (χ4v) is 2.54. The molecule has 0 atom stereocenters. The smallest absolute Gasteiger partial charge is 0.195 e. The fourth-order valence-electron chi connectivity index (χ4n) is 2.28. The maximum absolute atomic E-state index is 5.23. The number of benzene rings is 1. The van der Waals surface area contributed by atoms with E-state index in [0.717, 1.165) is 29.3 Å². The van der Waals surface area contributed by atoms with E-state index < -0.39 is 0 Å². The number of aromatic amines is 1. The van der Waals surface area contributed by atoms with Gasteiger partial charge in [0.05, 0.1) is 23.1 Å². The molecule has 20 heavy (non-hydrogen) atoms. The van der Waals surface area contributed by atoms with Crippen LogP contribution in [-0.2, 0) is 6.54 Å². The SMILES string of the molecule is CCn1c(-c2cnn(-c3ccccc3)c2C)n[nH]c1=S. The van der Waals surface area contributed by atoms with Crippen molar-refractivity contribution >= 4 is 12.2 Å². The number of H-pyrrole nitrogens is 1. The number of hydrogen-bond acceptors (Lipinski definition) is 3. The second-order valence-electron chi connectivity index (χ2n) is 4.49. The number of rotatable bonds is 3. The summed E-state index contributed by atoms with van der Waals surface area (Å²) in [7, 11) is 0. The van der Waals surface area contributed by atoms with Gasteiger partial charge in [0, 0.05) is 6.54 Å². The summed E-state index contributed by atoms with van der Waals surface area (Å²) in [6.45, 7) is 4.86. The average Bonchev–Trinajstić information content (AvgIpc) is 3.02. The lowest BCUT2D eigenvalue weighted by Crippen LogP contribution is -2.01. The zero-order valence-electron chi connectivity index (χ0n) is 11.4. The Morgan fingerprint density at radius 3 is 2.70 bits per heavy atom. The number of nitrogens with one attached hydrogen (secondary N) is 1. The molecule has 5 nitrogen and oxygen atoms in total. The molecule has 102 valence electrons. The quantitative estimate of drug-likeness (QED) is 0.752. The molecule has 2 aromatic heterocycles. The molecule has 0 aliphatic rings. The molecule has 1 aromatic carbocycles. The van der Waals surface area contributed by atoms with Gasteiger partial charge < -0.3 is 4.57 Å². The molecule has 0 spiro atoms. The van der Waals surface area contributed by atoms with Crippen molar-refractivity contribution in [3.8, 4) is 17.1 Å². The highest BCUT2D eigenvalue weighted by Gasteiger charge is 2.15. The summed E-state index contributed by atoms with van der Waals surface area (Å²) >= 11 is 5.23. The van der Waals surface area contributed by atoms with Crippen molar-refractivity contribution in [1.29, 1.82) is 0 Å². The molecule has 3 rings (SSSR count). The van der Waals surface area contributed by atoms with Crippen LogP contribution in [0.2, 0.25) is 0 Å². The molecule has 0 bridgehead atoms. The van der Waals surface area contributed by atoms with Crippen LogP contribution in [0.15, 0.2) is 36.5 Å². The molecule has 0 unspecified atom stereocenters. The number of para-hydroxylation sites is 1. The zero-order valence-corrected chi connectivity index (χ0v) is 12.2. The third kappa shape index (κ3) is 1.98. The van der Waals surface area contributed by atoms with Crippen LogP contribution in [0.3, 0.4) is 0 Å². The maximum Gasteiger partial charge on any atom is 0.195 e. The maximum atomic E-state index is 5.23. The number of hydrogen-bond donors (Lipinski definition) is 1. The molecule has 0 fully saturated rings. The van der Waals surface area contributed by atoms with E-state index in [1.54, 1.807) is 0 Å².